The van der Waals surface area contributed by atoms with Gasteiger partial charge in [-0.05, 0) is 26.2 Å². The lowest BCUT2D eigenvalue weighted by Crippen LogP contribution is -2.26. The van der Waals surface area contributed by atoms with Crippen molar-refractivity contribution in [3.63, 3.8) is 0 Å². The van der Waals surface area contributed by atoms with Crippen LogP contribution in [0.3, 0.4) is 0 Å². The fraction of sp³-hybridized carbons (Fsp3) is 0.909. The van der Waals surface area contributed by atoms with Crippen LogP contribution in [0.5, 0.6) is 0 Å². The predicted octanol–water partition coefficient (Wildman–Crippen LogP) is 2.42. The molecule has 0 radical (unpaired) electrons. The van der Waals surface area contributed by atoms with Crippen molar-refractivity contribution in [2.45, 2.75) is 49.1 Å². The summed E-state index contributed by atoms with van der Waals surface area (Å²) in [5.41, 5.74) is 0. The third-order valence-electron chi connectivity index (χ3n) is 3.12. The lowest BCUT2D eigenvalue weighted by Gasteiger charge is -2.21. The van der Waals surface area contributed by atoms with E-state index < -0.39 is 5.79 Å². The molecule has 3 nitrogen and oxygen atoms in total. The van der Waals surface area contributed by atoms with E-state index in [-0.39, 0.29) is 4.32 Å². The van der Waals surface area contributed by atoms with Crippen LogP contribution in [0.1, 0.15) is 39.0 Å². The molecule has 0 bridgehead atoms. The highest BCUT2D eigenvalue weighted by atomic mass is 79.9. The summed E-state index contributed by atoms with van der Waals surface area (Å²) in [5.74, 6) is -0.104. The van der Waals surface area contributed by atoms with Gasteiger partial charge in [-0.3, -0.25) is 4.79 Å². The van der Waals surface area contributed by atoms with E-state index in [1.807, 2.05) is 6.92 Å². The lowest BCUT2D eigenvalue weighted by atomic mass is 10.1. The molecule has 15 heavy (non-hydrogen) atoms. The van der Waals surface area contributed by atoms with E-state index in [1.54, 1.807) is 0 Å². The molecule has 0 amide bonds. The van der Waals surface area contributed by atoms with Crippen LogP contribution in [0.2, 0.25) is 0 Å². The normalized spacial score (nSPS) is 26.5. The minimum Gasteiger partial charge on any atom is -0.348 e. The zero-order chi connectivity index (χ0) is 10.9. The zero-order valence-corrected chi connectivity index (χ0v) is 10.6. The van der Waals surface area contributed by atoms with Crippen LogP contribution in [-0.4, -0.2) is 29.1 Å². The van der Waals surface area contributed by atoms with Crippen molar-refractivity contribution in [3.05, 3.63) is 0 Å². The molecule has 86 valence electrons. The van der Waals surface area contributed by atoms with Gasteiger partial charge in [0, 0.05) is 12.8 Å². The maximum absolute atomic E-state index is 11.7. The molecule has 1 aliphatic heterocycles. The Hall–Kier alpha value is 0.0700. The van der Waals surface area contributed by atoms with E-state index in [0.717, 1.165) is 25.7 Å². The number of hydrogen-bond donors (Lipinski definition) is 0. The van der Waals surface area contributed by atoms with Crippen molar-refractivity contribution in [2.75, 3.05) is 13.2 Å². The van der Waals surface area contributed by atoms with Gasteiger partial charge in [0.2, 0.25) is 0 Å². The number of rotatable bonds is 5. The molecule has 4 heteroatoms. The fourth-order valence-corrected chi connectivity index (χ4v) is 2.28. The average molecular weight is 277 g/mol. The van der Waals surface area contributed by atoms with Crippen molar-refractivity contribution in [1.29, 1.82) is 0 Å². The average Bonchev–Trinajstić information content (AvgIpc) is 2.79. The van der Waals surface area contributed by atoms with Crippen LogP contribution in [0.25, 0.3) is 0 Å². The van der Waals surface area contributed by atoms with Crippen LogP contribution < -0.4 is 0 Å². The fourth-order valence-electron chi connectivity index (χ4n) is 1.88. The number of ether oxygens (including phenoxy) is 2. The van der Waals surface area contributed by atoms with E-state index in [1.165, 1.54) is 0 Å². The summed E-state index contributed by atoms with van der Waals surface area (Å²) >= 11 is 3.47. The van der Waals surface area contributed by atoms with Gasteiger partial charge < -0.3 is 9.47 Å². The van der Waals surface area contributed by atoms with Gasteiger partial charge in [0.05, 0.1) is 17.5 Å². The number of carbonyl (C=O) groups is 1. The highest BCUT2D eigenvalue weighted by molar-refractivity contribution is 9.10. The van der Waals surface area contributed by atoms with E-state index in [0.29, 0.717) is 25.4 Å². The van der Waals surface area contributed by atoms with Gasteiger partial charge >= 0.3 is 0 Å². The summed E-state index contributed by atoms with van der Waals surface area (Å²) in [5, 5.41) is 0. The van der Waals surface area contributed by atoms with Crippen LogP contribution in [-0.2, 0) is 14.3 Å². The van der Waals surface area contributed by atoms with Gasteiger partial charge in [0.1, 0.15) is 5.78 Å². The Morgan fingerprint density at radius 2 is 1.93 bits per heavy atom. The second-order valence-electron chi connectivity index (χ2n) is 4.57. The molecular weight excluding hydrogens is 260 g/mol. The first kappa shape index (κ1) is 11.6. The number of halogens is 1. The Morgan fingerprint density at radius 1 is 1.33 bits per heavy atom. The first-order chi connectivity index (χ1) is 7.04. The van der Waals surface area contributed by atoms with Gasteiger partial charge in [-0.25, -0.2) is 0 Å². The maximum Gasteiger partial charge on any atom is 0.165 e. The molecule has 0 aromatic rings. The zero-order valence-electron chi connectivity index (χ0n) is 9.05. The highest BCUT2D eigenvalue weighted by Gasteiger charge is 2.46. The van der Waals surface area contributed by atoms with E-state index in [2.05, 4.69) is 15.9 Å². The van der Waals surface area contributed by atoms with E-state index in [4.69, 9.17) is 9.47 Å². The minimum absolute atomic E-state index is 0.161. The summed E-state index contributed by atoms with van der Waals surface area (Å²) in [4.78, 5) is 11.7. The Labute approximate surface area is 98.6 Å². The Morgan fingerprint density at radius 3 is 2.47 bits per heavy atom. The third-order valence-corrected chi connectivity index (χ3v) is 4.36. The largest absolute Gasteiger partial charge is 0.348 e. The molecule has 1 saturated carbocycles. The summed E-state index contributed by atoms with van der Waals surface area (Å²) in [7, 11) is 0. The molecule has 0 spiro atoms. The molecule has 2 fully saturated rings. The molecule has 0 aromatic carbocycles. The summed E-state index contributed by atoms with van der Waals surface area (Å²) in [6.45, 7) is 3.30. The SMILES string of the molecule is CC1(CCCC(=O)C2(Br)CC2)OCCO1. The van der Waals surface area contributed by atoms with Gasteiger partial charge in [-0.1, -0.05) is 15.9 Å². The van der Waals surface area contributed by atoms with Crippen molar-refractivity contribution in [1.82, 2.24) is 0 Å². The van der Waals surface area contributed by atoms with Crippen LogP contribution >= 0.6 is 15.9 Å². The standard InChI is InChI=1S/C11H17BrO3/c1-10(14-7-8-15-10)4-2-3-9(13)11(12)5-6-11/h2-8H2,1H3. The van der Waals surface area contributed by atoms with Crippen LogP contribution in [0.4, 0.5) is 0 Å². The first-order valence-electron chi connectivity index (χ1n) is 5.54. The minimum atomic E-state index is -0.441. The van der Waals surface area contributed by atoms with Crippen LogP contribution in [0.15, 0.2) is 0 Å². The van der Waals surface area contributed by atoms with E-state index >= 15 is 0 Å². The molecule has 1 saturated heterocycles. The molecular formula is C11H17BrO3. The molecule has 0 unspecified atom stereocenters. The monoisotopic (exact) mass is 276 g/mol. The maximum atomic E-state index is 11.7. The van der Waals surface area contributed by atoms with Crippen molar-refractivity contribution in [2.24, 2.45) is 0 Å². The number of alkyl halides is 1. The quantitative estimate of drug-likeness (QED) is 0.724. The molecule has 0 atom stereocenters. The van der Waals surface area contributed by atoms with Crippen molar-refractivity contribution >= 4 is 21.7 Å². The molecule has 1 aliphatic carbocycles. The summed E-state index contributed by atoms with van der Waals surface area (Å²) < 4.78 is 10.8. The second kappa shape index (κ2) is 4.15. The summed E-state index contributed by atoms with van der Waals surface area (Å²) in [6.07, 6.45) is 4.28. The molecule has 0 N–H and O–H groups in total. The second-order valence-corrected chi connectivity index (χ2v) is 6.09. The highest BCUT2D eigenvalue weighted by Crippen LogP contribution is 2.46. The van der Waals surface area contributed by atoms with Gasteiger partial charge in [0.15, 0.2) is 5.79 Å². The number of ketones is 1. The van der Waals surface area contributed by atoms with Gasteiger partial charge in [-0.2, -0.15) is 0 Å². The molecule has 2 rings (SSSR count). The van der Waals surface area contributed by atoms with Crippen LogP contribution in [0, 0.1) is 0 Å². The Kier molecular flexibility index (Phi) is 3.20. The van der Waals surface area contributed by atoms with Crippen molar-refractivity contribution < 1.29 is 14.3 Å². The lowest BCUT2D eigenvalue weighted by molar-refractivity contribution is -0.148. The Balaban J connectivity index is 1.68. The van der Waals surface area contributed by atoms with Crippen molar-refractivity contribution in [3.8, 4) is 0 Å². The van der Waals surface area contributed by atoms with Gasteiger partial charge in [-0.15, -0.1) is 0 Å². The number of carbonyl (C=O) groups excluding carboxylic acids is 1. The number of hydrogen-bond acceptors (Lipinski definition) is 3. The Bertz CT molecular complexity index is 255. The molecule has 0 aromatic heterocycles. The first-order valence-corrected chi connectivity index (χ1v) is 6.34. The number of Topliss-reactive ketones (excluding diaryl/α,β-unsaturated/α-hetero) is 1. The smallest absolute Gasteiger partial charge is 0.165 e. The predicted molar refractivity (Wildman–Crippen MR) is 60.1 cm³/mol. The third kappa shape index (κ3) is 2.80. The summed E-state index contributed by atoms with van der Waals surface area (Å²) in [6, 6.07) is 0. The molecule has 2 aliphatic rings. The van der Waals surface area contributed by atoms with Gasteiger partial charge in [0.25, 0.3) is 0 Å². The topological polar surface area (TPSA) is 35.5 Å². The van der Waals surface area contributed by atoms with E-state index in [9.17, 15) is 4.79 Å². The molecule has 1 heterocycles.